The maximum Gasteiger partial charge on any atom is 0.242 e. The van der Waals surface area contributed by atoms with Gasteiger partial charge in [-0.2, -0.15) is 0 Å². The van der Waals surface area contributed by atoms with E-state index in [1.807, 2.05) is 32.0 Å². The predicted octanol–water partition coefficient (Wildman–Crippen LogP) is 2.89. The standard InChI is InChI=1S/C13H18ClNO2/c1-9-5-4-6-10(2)12(9)15-13(16)11(14)7-8-17-3/h4-6,11H,7-8H2,1-3H3,(H,15,16). The Balaban J connectivity index is 2.68. The van der Waals surface area contributed by atoms with Gasteiger partial charge < -0.3 is 10.1 Å². The zero-order valence-electron chi connectivity index (χ0n) is 10.4. The van der Waals surface area contributed by atoms with Gasteiger partial charge in [-0.25, -0.2) is 0 Å². The molecule has 3 nitrogen and oxygen atoms in total. The van der Waals surface area contributed by atoms with Crippen LogP contribution in [0.5, 0.6) is 0 Å². The maximum atomic E-state index is 11.8. The minimum atomic E-state index is -0.561. The molecule has 1 unspecified atom stereocenters. The number of aryl methyl sites for hydroxylation is 2. The molecule has 0 radical (unpaired) electrons. The Morgan fingerprint density at radius 3 is 2.53 bits per heavy atom. The lowest BCUT2D eigenvalue weighted by molar-refractivity contribution is -0.116. The van der Waals surface area contributed by atoms with Crippen molar-refractivity contribution in [1.82, 2.24) is 0 Å². The van der Waals surface area contributed by atoms with E-state index >= 15 is 0 Å². The minimum absolute atomic E-state index is 0.180. The molecule has 0 fully saturated rings. The van der Waals surface area contributed by atoms with Crippen LogP contribution in [0.15, 0.2) is 18.2 Å². The number of ether oxygens (including phenoxy) is 1. The van der Waals surface area contributed by atoms with Crippen LogP contribution in [-0.4, -0.2) is 25.0 Å². The van der Waals surface area contributed by atoms with E-state index in [9.17, 15) is 4.79 Å². The zero-order chi connectivity index (χ0) is 12.8. The highest BCUT2D eigenvalue weighted by Crippen LogP contribution is 2.20. The minimum Gasteiger partial charge on any atom is -0.385 e. The van der Waals surface area contributed by atoms with Gasteiger partial charge >= 0.3 is 0 Å². The second-order valence-electron chi connectivity index (χ2n) is 4.01. The van der Waals surface area contributed by atoms with Crippen molar-refractivity contribution in [3.8, 4) is 0 Å². The third kappa shape index (κ3) is 4.02. The Bertz CT molecular complexity index is 373. The van der Waals surface area contributed by atoms with Crippen LogP contribution in [-0.2, 0) is 9.53 Å². The number of carbonyl (C=O) groups excluding carboxylic acids is 1. The van der Waals surface area contributed by atoms with Crippen molar-refractivity contribution in [2.75, 3.05) is 19.0 Å². The number of amides is 1. The van der Waals surface area contributed by atoms with Crippen molar-refractivity contribution >= 4 is 23.2 Å². The van der Waals surface area contributed by atoms with Crippen LogP contribution in [0, 0.1) is 13.8 Å². The number of nitrogens with one attached hydrogen (secondary N) is 1. The van der Waals surface area contributed by atoms with Gasteiger partial charge in [0.15, 0.2) is 0 Å². The number of hydrogen-bond acceptors (Lipinski definition) is 2. The SMILES string of the molecule is COCCC(Cl)C(=O)Nc1c(C)cccc1C. The molecule has 1 rings (SSSR count). The average Bonchev–Trinajstić information content (AvgIpc) is 2.30. The first kappa shape index (κ1) is 14.0. The summed E-state index contributed by atoms with van der Waals surface area (Å²) in [6, 6.07) is 5.88. The van der Waals surface area contributed by atoms with Gasteiger partial charge in [-0.15, -0.1) is 11.6 Å². The van der Waals surface area contributed by atoms with E-state index in [0.29, 0.717) is 13.0 Å². The lowest BCUT2D eigenvalue weighted by Gasteiger charge is -2.14. The molecule has 94 valence electrons. The van der Waals surface area contributed by atoms with Gasteiger partial charge in [0.1, 0.15) is 5.38 Å². The quantitative estimate of drug-likeness (QED) is 0.822. The van der Waals surface area contributed by atoms with Crippen LogP contribution in [0.4, 0.5) is 5.69 Å². The molecule has 1 aromatic carbocycles. The van der Waals surface area contributed by atoms with Crippen LogP contribution in [0.2, 0.25) is 0 Å². The Labute approximate surface area is 107 Å². The van der Waals surface area contributed by atoms with Crippen LogP contribution in [0.25, 0.3) is 0 Å². The third-order valence-electron chi connectivity index (χ3n) is 2.59. The van der Waals surface area contributed by atoms with Gasteiger partial charge in [-0.05, 0) is 31.4 Å². The first-order valence-corrected chi connectivity index (χ1v) is 6.00. The van der Waals surface area contributed by atoms with E-state index in [-0.39, 0.29) is 5.91 Å². The van der Waals surface area contributed by atoms with Crippen molar-refractivity contribution in [1.29, 1.82) is 0 Å². The number of methoxy groups -OCH3 is 1. The molecule has 0 aliphatic rings. The van der Waals surface area contributed by atoms with Crippen LogP contribution < -0.4 is 5.32 Å². The fourth-order valence-electron chi connectivity index (χ4n) is 1.57. The summed E-state index contributed by atoms with van der Waals surface area (Å²) < 4.78 is 4.90. The Kier molecular flexibility index (Phi) is 5.45. The van der Waals surface area contributed by atoms with Crippen molar-refractivity contribution in [3.05, 3.63) is 29.3 Å². The summed E-state index contributed by atoms with van der Waals surface area (Å²) in [5, 5.41) is 2.30. The molecular weight excluding hydrogens is 238 g/mol. The summed E-state index contributed by atoms with van der Waals surface area (Å²) in [7, 11) is 1.59. The summed E-state index contributed by atoms with van der Waals surface area (Å²) in [4.78, 5) is 11.8. The van der Waals surface area contributed by atoms with Crippen LogP contribution >= 0.6 is 11.6 Å². The molecule has 0 saturated carbocycles. The average molecular weight is 256 g/mol. The topological polar surface area (TPSA) is 38.3 Å². The maximum absolute atomic E-state index is 11.8. The molecule has 1 atom stereocenters. The smallest absolute Gasteiger partial charge is 0.242 e. The summed E-state index contributed by atoms with van der Waals surface area (Å²) in [5.41, 5.74) is 2.92. The van der Waals surface area contributed by atoms with Gasteiger partial charge in [0.2, 0.25) is 5.91 Å². The number of para-hydroxylation sites is 1. The number of anilines is 1. The largest absolute Gasteiger partial charge is 0.385 e. The normalized spacial score (nSPS) is 12.2. The number of carbonyl (C=O) groups is 1. The molecule has 0 spiro atoms. The Morgan fingerprint density at radius 1 is 1.41 bits per heavy atom. The second-order valence-corrected chi connectivity index (χ2v) is 4.53. The molecule has 0 bridgehead atoms. The lowest BCUT2D eigenvalue weighted by Crippen LogP contribution is -2.25. The number of halogens is 1. The first-order valence-electron chi connectivity index (χ1n) is 5.56. The summed E-state index contributed by atoms with van der Waals surface area (Å²) in [6.07, 6.45) is 0.509. The van der Waals surface area contributed by atoms with Gasteiger partial charge in [0.05, 0.1) is 0 Å². The molecule has 0 aliphatic carbocycles. The predicted molar refractivity (Wildman–Crippen MR) is 70.7 cm³/mol. The monoisotopic (exact) mass is 255 g/mol. The second kappa shape index (κ2) is 6.62. The molecule has 1 aromatic rings. The molecule has 1 amide bonds. The van der Waals surface area contributed by atoms with E-state index < -0.39 is 5.38 Å². The van der Waals surface area contributed by atoms with Gasteiger partial charge in [-0.3, -0.25) is 4.79 Å². The van der Waals surface area contributed by atoms with E-state index in [0.717, 1.165) is 16.8 Å². The number of rotatable bonds is 5. The highest BCUT2D eigenvalue weighted by Gasteiger charge is 2.16. The molecule has 0 aromatic heterocycles. The molecule has 0 heterocycles. The molecule has 0 aliphatic heterocycles. The number of alkyl halides is 1. The molecule has 17 heavy (non-hydrogen) atoms. The molecule has 4 heteroatoms. The molecular formula is C13H18ClNO2. The molecule has 1 N–H and O–H groups in total. The van der Waals surface area contributed by atoms with Gasteiger partial charge in [0, 0.05) is 19.4 Å². The van der Waals surface area contributed by atoms with E-state index in [4.69, 9.17) is 16.3 Å². The van der Waals surface area contributed by atoms with Crippen molar-refractivity contribution in [3.63, 3.8) is 0 Å². The summed E-state index contributed by atoms with van der Waals surface area (Å²) in [6.45, 7) is 4.40. The van der Waals surface area contributed by atoms with Gasteiger partial charge in [-0.1, -0.05) is 18.2 Å². The Morgan fingerprint density at radius 2 is 2.00 bits per heavy atom. The zero-order valence-corrected chi connectivity index (χ0v) is 11.2. The van der Waals surface area contributed by atoms with E-state index in [1.54, 1.807) is 7.11 Å². The van der Waals surface area contributed by atoms with Crippen molar-refractivity contribution < 1.29 is 9.53 Å². The van der Waals surface area contributed by atoms with Crippen LogP contribution in [0.1, 0.15) is 17.5 Å². The first-order chi connectivity index (χ1) is 8.06. The number of benzene rings is 1. The van der Waals surface area contributed by atoms with E-state index in [2.05, 4.69) is 5.32 Å². The lowest BCUT2D eigenvalue weighted by atomic mass is 10.1. The van der Waals surface area contributed by atoms with Crippen molar-refractivity contribution in [2.45, 2.75) is 25.6 Å². The summed E-state index contributed by atoms with van der Waals surface area (Å²) >= 11 is 5.97. The third-order valence-corrected chi connectivity index (χ3v) is 3.01. The van der Waals surface area contributed by atoms with Crippen molar-refractivity contribution in [2.24, 2.45) is 0 Å². The fraction of sp³-hybridized carbons (Fsp3) is 0.462. The highest BCUT2D eigenvalue weighted by atomic mass is 35.5. The van der Waals surface area contributed by atoms with E-state index in [1.165, 1.54) is 0 Å². The molecule has 0 saturated heterocycles. The number of hydrogen-bond donors (Lipinski definition) is 1. The van der Waals surface area contributed by atoms with Crippen LogP contribution in [0.3, 0.4) is 0 Å². The fourth-order valence-corrected chi connectivity index (χ4v) is 1.71. The van der Waals surface area contributed by atoms with Gasteiger partial charge in [0.25, 0.3) is 0 Å². The Hall–Kier alpha value is -1.06. The highest BCUT2D eigenvalue weighted by molar-refractivity contribution is 6.32. The summed E-state index contributed by atoms with van der Waals surface area (Å²) in [5.74, 6) is -0.180.